The van der Waals surface area contributed by atoms with Gasteiger partial charge in [-0.15, -0.1) is 0 Å². The van der Waals surface area contributed by atoms with Gasteiger partial charge in [0.25, 0.3) is 0 Å². The van der Waals surface area contributed by atoms with Crippen molar-refractivity contribution < 1.29 is 9.13 Å². The molecule has 0 aliphatic rings. The van der Waals surface area contributed by atoms with E-state index >= 15 is 0 Å². The van der Waals surface area contributed by atoms with Crippen LogP contribution in [0.1, 0.15) is 5.69 Å². The lowest BCUT2D eigenvalue weighted by atomic mass is 10.2. The van der Waals surface area contributed by atoms with Crippen LogP contribution in [0.5, 0.6) is 11.8 Å². The Hall–Kier alpha value is -2.56. The Morgan fingerprint density at radius 1 is 1.05 bits per heavy atom. The number of ether oxygens (including phenoxy) is 1. The number of hydrogen-bond acceptors (Lipinski definition) is 4. The van der Waals surface area contributed by atoms with Crippen molar-refractivity contribution in [1.29, 1.82) is 0 Å². The van der Waals surface area contributed by atoms with Gasteiger partial charge < -0.3 is 4.74 Å². The fourth-order valence-corrected chi connectivity index (χ4v) is 1.77. The molecule has 0 aliphatic carbocycles. The Bertz CT molecular complexity index is 728. The van der Waals surface area contributed by atoms with Crippen LogP contribution in [0.2, 0.25) is 0 Å². The second kappa shape index (κ2) is 4.61. The topological polar surface area (TPSA) is 47.9 Å². The summed E-state index contributed by atoms with van der Waals surface area (Å²) < 4.78 is 18.3. The van der Waals surface area contributed by atoms with E-state index in [1.807, 2.05) is 13.0 Å². The van der Waals surface area contributed by atoms with E-state index < -0.39 is 0 Å². The van der Waals surface area contributed by atoms with Crippen LogP contribution in [0.4, 0.5) is 4.39 Å². The van der Waals surface area contributed by atoms with Gasteiger partial charge in [0.2, 0.25) is 0 Å². The monoisotopic (exact) mass is 255 g/mol. The second-order valence-electron chi connectivity index (χ2n) is 4.04. The lowest BCUT2D eigenvalue weighted by Gasteiger charge is -2.06. The lowest BCUT2D eigenvalue weighted by molar-refractivity contribution is 0.441. The van der Waals surface area contributed by atoms with E-state index in [2.05, 4.69) is 15.0 Å². The van der Waals surface area contributed by atoms with E-state index in [1.54, 1.807) is 12.4 Å². The maximum atomic E-state index is 12.8. The smallest absolute Gasteiger partial charge is 0.322 e. The van der Waals surface area contributed by atoms with Crippen molar-refractivity contribution in [2.24, 2.45) is 0 Å². The lowest BCUT2D eigenvalue weighted by Crippen LogP contribution is -1.96. The molecule has 5 heteroatoms. The highest BCUT2D eigenvalue weighted by molar-refractivity contribution is 5.79. The molecule has 4 nitrogen and oxygen atoms in total. The minimum absolute atomic E-state index is 0.226. The molecule has 0 spiro atoms. The highest BCUT2D eigenvalue weighted by Crippen LogP contribution is 2.21. The van der Waals surface area contributed by atoms with Crippen LogP contribution in [0.15, 0.2) is 42.7 Å². The van der Waals surface area contributed by atoms with Gasteiger partial charge in [-0.3, -0.25) is 4.98 Å². The van der Waals surface area contributed by atoms with Crippen LogP contribution in [-0.2, 0) is 0 Å². The summed E-state index contributed by atoms with van der Waals surface area (Å²) in [5.74, 6) is 0.177. The van der Waals surface area contributed by atoms with E-state index in [-0.39, 0.29) is 11.8 Å². The Labute approximate surface area is 108 Å². The summed E-state index contributed by atoms with van der Waals surface area (Å²) in [5, 5.41) is 0.932. The fourth-order valence-electron chi connectivity index (χ4n) is 1.77. The van der Waals surface area contributed by atoms with Crippen molar-refractivity contribution >= 4 is 10.9 Å². The van der Waals surface area contributed by atoms with Gasteiger partial charge in [0, 0.05) is 11.6 Å². The number of halogens is 1. The van der Waals surface area contributed by atoms with E-state index in [1.165, 1.54) is 24.3 Å². The minimum atomic E-state index is -0.313. The quantitative estimate of drug-likeness (QED) is 0.705. The number of aromatic nitrogens is 3. The molecule has 0 aliphatic heterocycles. The Morgan fingerprint density at radius 2 is 1.84 bits per heavy atom. The van der Waals surface area contributed by atoms with Crippen molar-refractivity contribution in [3.05, 3.63) is 54.2 Å². The molecule has 0 N–H and O–H groups in total. The van der Waals surface area contributed by atoms with E-state index in [0.29, 0.717) is 11.3 Å². The first-order chi connectivity index (χ1) is 9.22. The number of pyridine rings is 1. The zero-order valence-electron chi connectivity index (χ0n) is 10.2. The summed E-state index contributed by atoms with van der Waals surface area (Å²) in [6.07, 6.45) is 3.35. The summed E-state index contributed by atoms with van der Waals surface area (Å²) in [5.41, 5.74) is 1.52. The van der Waals surface area contributed by atoms with Gasteiger partial charge in [-0.1, -0.05) is 0 Å². The number of nitrogens with zero attached hydrogens (tertiary/aromatic N) is 3. The first-order valence-corrected chi connectivity index (χ1v) is 5.74. The highest BCUT2D eigenvalue weighted by atomic mass is 19.1. The van der Waals surface area contributed by atoms with Crippen LogP contribution in [0.25, 0.3) is 10.9 Å². The van der Waals surface area contributed by atoms with Gasteiger partial charge in [0.1, 0.15) is 11.6 Å². The normalized spacial score (nSPS) is 10.6. The molecule has 1 aromatic carbocycles. The SMILES string of the molecule is Cc1nc(Oc2ccc(F)cc2)nc2cnccc12. The first-order valence-electron chi connectivity index (χ1n) is 5.74. The van der Waals surface area contributed by atoms with Crippen molar-refractivity contribution in [3.63, 3.8) is 0 Å². The maximum absolute atomic E-state index is 12.8. The summed E-state index contributed by atoms with van der Waals surface area (Å²) in [4.78, 5) is 12.5. The average Bonchev–Trinajstić information content (AvgIpc) is 2.42. The van der Waals surface area contributed by atoms with Gasteiger partial charge >= 0.3 is 6.01 Å². The number of benzene rings is 1. The molecule has 0 unspecified atom stereocenters. The third-order valence-corrected chi connectivity index (χ3v) is 2.69. The fraction of sp³-hybridized carbons (Fsp3) is 0.0714. The van der Waals surface area contributed by atoms with Crippen molar-refractivity contribution in [2.45, 2.75) is 6.92 Å². The van der Waals surface area contributed by atoms with Crippen LogP contribution in [-0.4, -0.2) is 15.0 Å². The highest BCUT2D eigenvalue weighted by Gasteiger charge is 2.06. The van der Waals surface area contributed by atoms with Gasteiger partial charge in [-0.2, -0.15) is 9.97 Å². The van der Waals surface area contributed by atoms with Crippen LogP contribution >= 0.6 is 0 Å². The van der Waals surface area contributed by atoms with Crippen LogP contribution in [0.3, 0.4) is 0 Å². The van der Waals surface area contributed by atoms with Gasteiger partial charge in [-0.25, -0.2) is 4.39 Å². The first kappa shape index (κ1) is 11.5. The Kier molecular flexibility index (Phi) is 2.79. The summed E-state index contributed by atoms with van der Waals surface area (Å²) in [7, 11) is 0. The van der Waals surface area contributed by atoms with E-state index in [9.17, 15) is 4.39 Å². The van der Waals surface area contributed by atoms with Crippen LogP contribution < -0.4 is 4.74 Å². The standard InChI is InChI=1S/C14H10FN3O/c1-9-12-6-7-16-8-13(12)18-14(17-9)19-11-4-2-10(15)3-5-11/h2-8H,1H3. The molecule has 0 bridgehead atoms. The molecule has 0 saturated carbocycles. The number of hydrogen-bond donors (Lipinski definition) is 0. The number of fused-ring (bicyclic) bond motifs is 1. The predicted octanol–water partition coefficient (Wildman–Crippen LogP) is 3.26. The average molecular weight is 255 g/mol. The van der Waals surface area contributed by atoms with E-state index in [0.717, 1.165) is 11.1 Å². The largest absolute Gasteiger partial charge is 0.424 e. The molecule has 0 saturated heterocycles. The third-order valence-electron chi connectivity index (χ3n) is 2.69. The maximum Gasteiger partial charge on any atom is 0.322 e. The van der Waals surface area contributed by atoms with Crippen molar-refractivity contribution in [2.75, 3.05) is 0 Å². The Morgan fingerprint density at radius 3 is 2.63 bits per heavy atom. The number of aryl methyl sites for hydroxylation is 1. The minimum Gasteiger partial charge on any atom is -0.424 e. The van der Waals surface area contributed by atoms with Crippen LogP contribution in [0, 0.1) is 12.7 Å². The molecular formula is C14H10FN3O. The molecule has 0 fully saturated rings. The molecule has 0 atom stereocenters. The zero-order valence-corrected chi connectivity index (χ0v) is 10.2. The van der Waals surface area contributed by atoms with Crippen molar-refractivity contribution in [3.8, 4) is 11.8 Å². The van der Waals surface area contributed by atoms with Gasteiger partial charge in [-0.05, 0) is 37.3 Å². The number of rotatable bonds is 2. The summed E-state index contributed by atoms with van der Waals surface area (Å²) >= 11 is 0. The van der Waals surface area contributed by atoms with Crippen molar-refractivity contribution in [1.82, 2.24) is 15.0 Å². The van der Waals surface area contributed by atoms with Gasteiger partial charge in [0.05, 0.1) is 17.4 Å². The predicted molar refractivity (Wildman–Crippen MR) is 68.5 cm³/mol. The zero-order chi connectivity index (χ0) is 13.2. The summed E-state index contributed by atoms with van der Waals surface area (Å²) in [6.45, 7) is 1.88. The molecule has 3 aromatic rings. The molecule has 94 valence electrons. The summed E-state index contributed by atoms with van der Waals surface area (Å²) in [6, 6.07) is 7.79. The molecule has 2 heterocycles. The molecule has 3 rings (SSSR count). The molecule has 19 heavy (non-hydrogen) atoms. The molecule has 2 aromatic heterocycles. The molecular weight excluding hydrogens is 245 g/mol. The Balaban J connectivity index is 1.99. The molecule has 0 amide bonds. The van der Waals surface area contributed by atoms with E-state index in [4.69, 9.17) is 4.74 Å². The second-order valence-corrected chi connectivity index (χ2v) is 4.04. The molecule has 0 radical (unpaired) electrons. The van der Waals surface area contributed by atoms with Gasteiger partial charge in [0.15, 0.2) is 0 Å². The third kappa shape index (κ3) is 2.35.